The Bertz CT molecular complexity index is 723. The van der Waals surface area contributed by atoms with Gasteiger partial charge in [-0.15, -0.1) is 4.73 Å². The van der Waals surface area contributed by atoms with E-state index in [2.05, 4.69) is 10.2 Å². The van der Waals surface area contributed by atoms with Crippen LogP contribution in [0.15, 0.2) is 36.4 Å². The molecule has 0 saturated carbocycles. The van der Waals surface area contributed by atoms with Crippen molar-refractivity contribution in [2.45, 2.75) is 26.3 Å². The van der Waals surface area contributed by atoms with Crippen molar-refractivity contribution >= 4 is 12.1 Å². The summed E-state index contributed by atoms with van der Waals surface area (Å²) < 4.78 is 5.40. The first-order valence-electron chi connectivity index (χ1n) is 7.08. The highest BCUT2D eigenvalue weighted by Crippen LogP contribution is 2.19. The summed E-state index contributed by atoms with van der Waals surface area (Å²) in [6.07, 6.45) is -1.16. The van der Waals surface area contributed by atoms with Gasteiger partial charge in [-0.3, -0.25) is 9.63 Å². The lowest BCUT2D eigenvalue weighted by molar-refractivity contribution is 0.0708. The first-order chi connectivity index (χ1) is 11.2. The Labute approximate surface area is 138 Å². The second kappa shape index (κ2) is 6.53. The van der Waals surface area contributed by atoms with E-state index in [-0.39, 0.29) is 17.2 Å². The second-order valence-corrected chi connectivity index (χ2v) is 6.02. The maximum Gasteiger partial charge on any atom is 0.539 e. The average Bonchev–Trinajstić information content (AvgIpc) is 2.78. The highest BCUT2D eigenvalue weighted by atomic mass is 16.8. The summed E-state index contributed by atoms with van der Waals surface area (Å²) in [7, 11) is 0. The van der Waals surface area contributed by atoms with Crippen LogP contribution in [0, 0.1) is 0 Å². The Balaban J connectivity index is 1.99. The van der Waals surface area contributed by atoms with E-state index in [4.69, 9.17) is 4.74 Å². The Hall–Kier alpha value is -3.16. The van der Waals surface area contributed by atoms with Gasteiger partial charge in [0.25, 0.3) is 5.91 Å². The summed E-state index contributed by atoms with van der Waals surface area (Å²) in [5, 5.41) is 21.5. The van der Waals surface area contributed by atoms with Crippen molar-refractivity contribution < 1.29 is 29.4 Å². The summed E-state index contributed by atoms with van der Waals surface area (Å²) in [4.78, 5) is 28.2. The normalized spacial score (nSPS) is 11.0. The van der Waals surface area contributed by atoms with Crippen LogP contribution in [0.2, 0.25) is 0 Å². The number of ether oxygens (including phenoxy) is 1. The molecule has 1 aromatic heterocycles. The number of nitrogens with one attached hydrogen (secondary N) is 1. The summed E-state index contributed by atoms with van der Waals surface area (Å²) in [6, 6.07) is 8.13. The molecule has 8 heteroatoms. The molecule has 2 rings (SSSR count). The number of benzene rings is 1. The molecule has 3 N–H and O–H groups in total. The van der Waals surface area contributed by atoms with Crippen LogP contribution < -0.4 is 14.9 Å². The van der Waals surface area contributed by atoms with Gasteiger partial charge >= 0.3 is 6.16 Å². The third-order valence-electron chi connectivity index (χ3n) is 2.77. The summed E-state index contributed by atoms with van der Waals surface area (Å²) in [6.45, 7) is 5.60. The quantitative estimate of drug-likeness (QED) is 0.585. The molecule has 0 saturated heterocycles. The van der Waals surface area contributed by atoms with Crippen LogP contribution in [0.1, 0.15) is 31.1 Å². The maximum atomic E-state index is 12.0. The number of aromatic nitrogens is 1. The lowest BCUT2D eigenvalue weighted by atomic mass is 10.1. The molecule has 8 nitrogen and oxygen atoms in total. The van der Waals surface area contributed by atoms with Crippen LogP contribution in [0.3, 0.4) is 0 Å². The fraction of sp³-hybridized carbons (Fsp3) is 0.250. The minimum absolute atomic E-state index is 0.137. The van der Waals surface area contributed by atoms with E-state index in [9.17, 15) is 19.8 Å². The first-order valence-corrected chi connectivity index (χ1v) is 7.08. The van der Waals surface area contributed by atoms with E-state index < -0.39 is 17.9 Å². The minimum atomic E-state index is -1.16. The predicted octanol–water partition coefficient (Wildman–Crippen LogP) is 2.06. The Morgan fingerprint density at radius 3 is 2.04 bits per heavy atom. The number of carbonyl (C=O) groups excluding carboxylic acids is 2. The average molecular weight is 334 g/mol. The molecule has 1 amide bonds. The fourth-order valence-corrected chi connectivity index (χ4v) is 1.77. The van der Waals surface area contributed by atoms with Crippen molar-refractivity contribution in [2.24, 2.45) is 0 Å². The van der Waals surface area contributed by atoms with Gasteiger partial charge in [0.15, 0.2) is 0 Å². The molecule has 0 spiro atoms. The van der Waals surface area contributed by atoms with Gasteiger partial charge < -0.3 is 20.3 Å². The zero-order chi connectivity index (χ0) is 17.9. The largest absolute Gasteiger partial charge is 0.539 e. The molecule has 1 heterocycles. The molecule has 0 radical (unpaired) electrons. The number of hydrogen-bond acceptors (Lipinski definition) is 6. The molecule has 0 aliphatic rings. The molecule has 0 fully saturated rings. The first kappa shape index (κ1) is 17.2. The highest BCUT2D eigenvalue weighted by molar-refractivity contribution is 5.94. The van der Waals surface area contributed by atoms with E-state index in [1.807, 2.05) is 20.8 Å². The molecule has 0 aliphatic carbocycles. The zero-order valence-electron chi connectivity index (χ0n) is 13.4. The Morgan fingerprint density at radius 1 is 1.00 bits per heavy atom. The van der Waals surface area contributed by atoms with Crippen LogP contribution in [0.5, 0.6) is 17.5 Å². The van der Waals surface area contributed by atoms with Crippen LogP contribution in [-0.4, -0.2) is 32.5 Å². The molecule has 0 aliphatic heterocycles. The van der Waals surface area contributed by atoms with Crippen molar-refractivity contribution in [2.75, 3.05) is 0 Å². The molecular formula is C16H18N2O6. The summed E-state index contributed by atoms with van der Waals surface area (Å²) in [5.41, 5.74) is 0.0444. The summed E-state index contributed by atoms with van der Waals surface area (Å²) >= 11 is 0. The molecule has 0 atom stereocenters. The van der Waals surface area contributed by atoms with Crippen LogP contribution in [0.25, 0.3) is 0 Å². The SMILES string of the molecule is CC(C)(C)NC(=O)c1ccc(OC(=O)On2c(O)ccc2O)cc1. The molecule has 2 aromatic rings. The van der Waals surface area contributed by atoms with Crippen LogP contribution >= 0.6 is 0 Å². The molecule has 0 unspecified atom stereocenters. The van der Waals surface area contributed by atoms with Crippen LogP contribution in [0.4, 0.5) is 4.79 Å². The van der Waals surface area contributed by atoms with Crippen molar-refractivity contribution in [3.8, 4) is 17.5 Å². The highest BCUT2D eigenvalue weighted by Gasteiger charge is 2.16. The monoisotopic (exact) mass is 334 g/mol. The van der Waals surface area contributed by atoms with E-state index in [0.717, 1.165) is 12.1 Å². The Kier molecular flexibility index (Phi) is 4.68. The van der Waals surface area contributed by atoms with Crippen molar-refractivity contribution in [1.29, 1.82) is 0 Å². The maximum absolute atomic E-state index is 12.0. The van der Waals surface area contributed by atoms with Gasteiger partial charge in [-0.2, -0.15) is 0 Å². The second-order valence-electron chi connectivity index (χ2n) is 6.02. The standard InChI is InChI=1S/C16H18N2O6/c1-16(2,3)17-14(21)10-4-6-11(7-5-10)23-15(22)24-18-12(19)8-9-13(18)20/h4-9,19-20H,1-3H3,(H,17,21). The minimum Gasteiger partial charge on any atom is -0.492 e. The van der Waals surface area contributed by atoms with Gasteiger partial charge in [0.1, 0.15) is 5.75 Å². The number of hydrogen-bond donors (Lipinski definition) is 3. The lowest BCUT2D eigenvalue weighted by Gasteiger charge is -2.20. The fourth-order valence-electron chi connectivity index (χ4n) is 1.77. The van der Waals surface area contributed by atoms with E-state index in [1.165, 1.54) is 24.3 Å². The number of nitrogens with zero attached hydrogens (tertiary/aromatic N) is 1. The topological polar surface area (TPSA) is 110 Å². The predicted molar refractivity (Wildman–Crippen MR) is 84.0 cm³/mol. The third-order valence-corrected chi connectivity index (χ3v) is 2.77. The van der Waals surface area contributed by atoms with Gasteiger partial charge in [-0.25, -0.2) is 4.79 Å². The number of aromatic hydroxyl groups is 2. The van der Waals surface area contributed by atoms with E-state index in [0.29, 0.717) is 10.3 Å². The van der Waals surface area contributed by atoms with Gasteiger partial charge in [-0.1, -0.05) is 0 Å². The molecule has 128 valence electrons. The van der Waals surface area contributed by atoms with E-state index >= 15 is 0 Å². The summed E-state index contributed by atoms with van der Waals surface area (Å²) in [5.74, 6) is -1.03. The van der Waals surface area contributed by atoms with Crippen molar-refractivity contribution in [3.63, 3.8) is 0 Å². The molecular weight excluding hydrogens is 316 g/mol. The Morgan fingerprint density at radius 2 is 1.54 bits per heavy atom. The van der Waals surface area contributed by atoms with E-state index in [1.54, 1.807) is 0 Å². The number of amides is 1. The molecule has 0 bridgehead atoms. The third kappa shape index (κ3) is 4.42. The van der Waals surface area contributed by atoms with Gasteiger partial charge in [0.05, 0.1) is 0 Å². The zero-order valence-corrected chi connectivity index (χ0v) is 13.4. The van der Waals surface area contributed by atoms with Crippen molar-refractivity contribution in [1.82, 2.24) is 10.0 Å². The van der Waals surface area contributed by atoms with Gasteiger partial charge in [-0.05, 0) is 45.0 Å². The smallest absolute Gasteiger partial charge is 0.492 e. The number of carbonyl (C=O) groups is 2. The van der Waals surface area contributed by atoms with Gasteiger partial charge in [0, 0.05) is 23.2 Å². The molecule has 24 heavy (non-hydrogen) atoms. The van der Waals surface area contributed by atoms with Crippen molar-refractivity contribution in [3.05, 3.63) is 42.0 Å². The lowest BCUT2D eigenvalue weighted by Crippen LogP contribution is -2.40. The van der Waals surface area contributed by atoms with Crippen LogP contribution in [-0.2, 0) is 0 Å². The molecule has 1 aromatic carbocycles. The number of rotatable bonds is 3. The van der Waals surface area contributed by atoms with Gasteiger partial charge in [0.2, 0.25) is 11.8 Å².